The Bertz CT molecular complexity index is 348. The quantitative estimate of drug-likeness (QED) is 0.158. The first kappa shape index (κ1) is 18.1. The number of carboxylic acids is 1. The summed E-state index contributed by atoms with van der Waals surface area (Å²) in [6.45, 7) is 1.79. The topological polar surface area (TPSA) is 151 Å². The van der Waals surface area contributed by atoms with Gasteiger partial charge in [-0.05, 0) is 32.7 Å². The van der Waals surface area contributed by atoms with E-state index in [1.54, 1.807) is 0 Å². The molecule has 0 aliphatic heterocycles. The Morgan fingerprint density at radius 2 is 1.95 bits per heavy atom. The Kier molecular flexibility index (Phi) is 9.05. The van der Waals surface area contributed by atoms with E-state index in [1.165, 1.54) is 6.92 Å². The van der Waals surface area contributed by atoms with Crippen LogP contribution in [-0.4, -0.2) is 58.9 Å². The number of nitrogens with two attached hydrogens (primary N) is 2. The van der Waals surface area contributed by atoms with Crippen LogP contribution in [0.5, 0.6) is 0 Å². The average Bonchev–Trinajstić information content (AvgIpc) is 2.43. The maximum atomic E-state index is 11.8. The normalized spacial score (nSPS) is 12.8. The first-order chi connectivity index (χ1) is 9.49. The van der Waals surface area contributed by atoms with Crippen molar-refractivity contribution in [2.45, 2.75) is 32.2 Å². The van der Waals surface area contributed by atoms with Gasteiger partial charge in [-0.1, -0.05) is 5.16 Å². The Balaban J connectivity index is 5.02. The van der Waals surface area contributed by atoms with Crippen LogP contribution in [0.15, 0.2) is 5.16 Å². The van der Waals surface area contributed by atoms with Crippen LogP contribution in [0.3, 0.4) is 0 Å². The maximum Gasteiger partial charge on any atom is 0.416 e. The molecule has 0 unspecified atom stereocenters. The minimum absolute atomic E-state index is 0.0524. The van der Waals surface area contributed by atoms with Gasteiger partial charge in [0.15, 0.2) is 5.84 Å². The maximum absolute atomic E-state index is 11.8. The largest absolute Gasteiger partial charge is 0.480 e. The minimum atomic E-state index is -1.21. The number of oxime groups is 1. The number of amidine groups is 1. The molecule has 0 rings (SSSR count). The fraction of sp³-hybridized carbons (Fsp3) is 0.727. The predicted octanol–water partition coefficient (Wildman–Crippen LogP) is -0.226. The summed E-state index contributed by atoms with van der Waals surface area (Å²) in [7, 11) is 0. The highest BCUT2D eigenvalue weighted by molar-refractivity contribution is 5.97. The fourth-order valence-corrected chi connectivity index (χ4v) is 1.59. The van der Waals surface area contributed by atoms with E-state index in [2.05, 4.69) is 5.16 Å². The molecule has 0 radical (unpaired) electrons. The average molecular weight is 290 g/mol. The lowest BCUT2D eigenvalue weighted by atomic mass is 10.1. The van der Waals surface area contributed by atoms with Crippen LogP contribution in [0.2, 0.25) is 0 Å². The van der Waals surface area contributed by atoms with Crippen molar-refractivity contribution in [2.24, 2.45) is 16.6 Å². The van der Waals surface area contributed by atoms with E-state index in [9.17, 15) is 14.7 Å². The van der Waals surface area contributed by atoms with Crippen LogP contribution in [0, 0.1) is 0 Å². The number of carbonyl (C=O) groups excluding carboxylic acids is 1. The van der Waals surface area contributed by atoms with E-state index >= 15 is 0 Å². The third kappa shape index (κ3) is 5.85. The second-order valence-corrected chi connectivity index (χ2v) is 4.06. The zero-order valence-corrected chi connectivity index (χ0v) is 11.5. The van der Waals surface area contributed by atoms with E-state index in [0.29, 0.717) is 19.4 Å². The summed E-state index contributed by atoms with van der Waals surface area (Å²) in [4.78, 5) is 23.9. The summed E-state index contributed by atoms with van der Waals surface area (Å²) in [5, 5.41) is 20.9. The van der Waals surface area contributed by atoms with Gasteiger partial charge < -0.3 is 26.5 Å². The molecule has 6 N–H and O–H groups in total. The number of rotatable bonds is 8. The van der Waals surface area contributed by atoms with Gasteiger partial charge in [-0.2, -0.15) is 0 Å². The molecule has 1 amide bonds. The van der Waals surface area contributed by atoms with E-state index in [-0.39, 0.29) is 25.4 Å². The molecule has 20 heavy (non-hydrogen) atoms. The molecule has 0 heterocycles. The summed E-state index contributed by atoms with van der Waals surface area (Å²) in [6, 6.07) is -1.18. The smallest absolute Gasteiger partial charge is 0.416 e. The molecule has 0 aromatic rings. The van der Waals surface area contributed by atoms with E-state index < -0.39 is 18.1 Å². The van der Waals surface area contributed by atoms with Gasteiger partial charge in [0.05, 0.1) is 0 Å². The first-order valence-corrected chi connectivity index (χ1v) is 6.27. The van der Waals surface area contributed by atoms with E-state index in [1.807, 2.05) is 0 Å². The van der Waals surface area contributed by atoms with Crippen LogP contribution >= 0.6 is 0 Å². The third-order valence-corrected chi connectivity index (χ3v) is 2.56. The molecule has 0 saturated carbocycles. The molecule has 0 aliphatic rings. The van der Waals surface area contributed by atoms with E-state index in [4.69, 9.17) is 21.4 Å². The predicted molar refractivity (Wildman–Crippen MR) is 71.5 cm³/mol. The molecular weight excluding hydrogens is 268 g/mol. The first-order valence-electron chi connectivity index (χ1n) is 6.27. The second kappa shape index (κ2) is 9.98. The number of ether oxygens (including phenoxy) is 1. The monoisotopic (exact) mass is 290 g/mol. The molecule has 0 saturated heterocycles. The number of aliphatic carboxylic acids is 1. The van der Waals surface area contributed by atoms with Crippen molar-refractivity contribution in [1.29, 1.82) is 0 Å². The zero-order valence-electron chi connectivity index (χ0n) is 11.5. The lowest BCUT2D eigenvalue weighted by Gasteiger charge is -2.27. The molecule has 116 valence electrons. The number of nitrogens with zero attached hydrogens (tertiary/aromatic N) is 2. The molecule has 0 aromatic heterocycles. The Labute approximate surface area is 117 Å². The lowest BCUT2D eigenvalue weighted by Crippen LogP contribution is -2.48. The van der Waals surface area contributed by atoms with Crippen LogP contribution in [0.1, 0.15) is 26.2 Å². The number of unbranched alkanes of at least 4 members (excludes halogenated alkanes) is 1. The van der Waals surface area contributed by atoms with Crippen molar-refractivity contribution in [3.63, 3.8) is 0 Å². The summed E-state index contributed by atoms with van der Waals surface area (Å²) in [5.74, 6) is -1.37. The standard InChI is InChI=1S/C11H22N4O5/c1-8(14-19)15(11(18)20-7-6-13)9(10(16)17)4-2-3-5-12/h9,19H,2-7,12-13H2,1H3,(H,16,17)/b14-8+/t9-/m0/s1. The van der Waals surface area contributed by atoms with Gasteiger partial charge in [0.1, 0.15) is 12.6 Å². The fourth-order valence-electron chi connectivity index (χ4n) is 1.59. The molecule has 1 atom stereocenters. The highest BCUT2D eigenvalue weighted by atomic mass is 16.6. The Morgan fingerprint density at radius 3 is 2.40 bits per heavy atom. The van der Waals surface area contributed by atoms with Crippen molar-refractivity contribution in [3.8, 4) is 0 Å². The Hall–Kier alpha value is -1.87. The van der Waals surface area contributed by atoms with Gasteiger partial charge in [0, 0.05) is 6.54 Å². The van der Waals surface area contributed by atoms with Gasteiger partial charge >= 0.3 is 12.1 Å². The summed E-state index contributed by atoms with van der Waals surface area (Å²) in [6.07, 6.45) is 0.417. The van der Waals surface area contributed by atoms with Gasteiger partial charge in [-0.15, -0.1) is 0 Å². The summed E-state index contributed by atoms with van der Waals surface area (Å²) in [5.41, 5.74) is 10.6. The molecule has 0 spiro atoms. The third-order valence-electron chi connectivity index (χ3n) is 2.56. The summed E-state index contributed by atoms with van der Waals surface area (Å²) >= 11 is 0. The van der Waals surface area contributed by atoms with Gasteiger partial charge in [0.2, 0.25) is 0 Å². The number of carbonyl (C=O) groups is 2. The molecular formula is C11H22N4O5. The molecule has 0 aromatic carbocycles. The van der Waals surface area contributed by atoms with Crippen molar-refractivity contribution >= 4 is 17.9 Å². The van der Waals surface area contributed by atoms with Gasteiger partial charge in [0.25, 0.3) is 0 Å². The number of amides is 1. The number of carboxylic acid groups (broad SMARTS) is 1. The molecule has 0 bridgehead atoms. The zero-order chi connectivity index (χ0) is 15.5. The van der Waals surface area contributed by atoms with E-state index in [0.717, 1.165) is 4.90 Å². The SMILES string of the molecule is C/C(=N\O)N(C(=O)OCCN)[C@@H](CCCCN)C(=O)O. The van der Waals surface area contributed by atoms with Crippen molar-refractivity contribution in [3.05, 3.63) is 0 Å². The number of hydrogen-bond acceptors (Lipinski definition) is 7. The minimum Gasteiger partial charge on any atom is -0.480 e. The summed E-state index contributed by atoms with van der Waals surface area (Å²) < 4.78 is 4.80. The molecule has 9 heteroatoms. The highest BCUT2D eigenvalue weighted by Gasteiger charge is 2.32. The van der Waals surface area contributed by atoms with Gasteiger partial charge in [-0.3, -0.25) is 0 Å². The number of hydrogen-bond donors (Lipinski definition) is 4. The lowest BCUT2D eigenvalue weighted by molar-refractivity contribution is -0.141. The van der Waals surface area contributed by atoms with Crippen LogP contribution in [0.4, 0.5) is 4.79 Å². The van der Waals surface area contributed by atoms with Crippen molar-refractivity contribution in [2.75, 3.05) is 19.7 Å². The van der Waals surface area contributed by atoms with Crippen LogP contribution in [0.25, 0.3) is 0 Å². The Morgan fingerprint density at radius 1 is 1.30 bits per heavy atom. The second-order valence-electron chi connectivity index (χ2n) is 4.06. The highest BCUT2D eigenvalue weighted by Crippen LogP contribution is 2.12. The van der Waals surface area contributed by atoms with Crippen LogP contribution in [-0.2, 0) is 9.53 Å². The van der Waals surface area contributed by atoms with Crippen molar-refractivity contribution < 1.29 is 24.6 Å². The van der Waals surface area contributed by atoms with Gasteiger partial charge in [-0.25, -0.2) is 14.5 Å². The molecule has 0 aliphatic carbocycles. The van der Waals surface area contributed by atoms with Crippen molar-refractivity contribution in [1.82, 2.24) is 4.90 Å². The molecule has 9 nitrogen and oxygen atoms in total. The molecule has 0 fully saturated rings. The van der Waals surface area contributed by atoms with Crippen LogP contribution < -0.4 is 11.5 Å².